The molecular weight excluding hydrogens is 208 g/mol. The molecule has 0 bridgehead atoms. The highest BCUT2D eigenvalue weighted by Crippen LogP contribution is 2.39. The molecule has 0 aliphatic carbocycles. The first kappa shape index (κ1) is 12.6. The van der Waals surface area contributed by atoms with Gasteiger partial charge in [-0.1, -0.05) is 0 Å². The van der Waals surface area contributed by atoms with Gasteiger partial charge in [0.1, 0.15) is 0 Å². The van der Waals surface area contributed by atoms with Crippen LogP contribution in [-0.2, 0) is 0 Å². The van der Waals surface area contributed by atoms with Crippen molar-refractivity contribution in [3.8, 4) is 17.2 Å². The van der Waals surface area contributed by atoms with E-state index in [1.54, 1.807) is 21.3 Å². The molecule has 1 rings (SSSR count). The van der Waals surface area contributed by atoms with Gasteiger partial charge in [-0.15, -0.1) is 0 Å². The van der Waals surface area contributed by atoms with Crippen LogP contribution >= 0.6 is 0 Å². The van der Waals surface area contributed by atoms with Crippen molar-refractivity contribution in [1.82, 2.24) is 5.43 Å². The number of hydrazine groups is 1. The third kappa shape index (κ3) is 2.37. The first-order valence-electron chi connectivity index (χ1n) is 4.94. The van der Waals surface area contributed by atoms with E-state index < -0.39 is 0 Å². The summed E-state index contributed by atoms with van der Waals surface area (Å²) in [7, 11) is 4.74. The molecule has 0 amide bonds. The van der Waals surface area contributed by atoms with Crippen molar-refractivity contribution in [2.45, 2.75) is 13.0 Å². The Morgan fingerprint density at radius 2 is 1.56 bits per heavy atom. The van der Waals surface area contributed by atoms with Gasteiger partial charge >= 0.3 is 0 Å². The number of hydrogen-bond acceptors (Lipinski definition) is 5. The van der Waals surface area contributed by atoms with Gasteiger partial charge < -0.3 is 14.2 Å². The van der Waals surface area contributed by atoms with Crippen LogP contribution in [0.25, 0.3) is 0 Å². The van der Waals surface area contributed by atoms with Crippen LogP contribution in [0.1, 0.15) is 18.5 Å². The highest BCUT2D eigenvalue weighted by atomic mass is 16.5. The molecule has 16 heavy (non-hydrogen) atoms. The molecule has 3 N–H and O–H groups in total. The fraction of sp³-hybridized carbons (Fsp3) is 0.455. The molecule has 0 radical (unpaired) electrons. The number of hydrogen-bond donors (Lipinski definition) is 2. The SMILES string of the molecule is COc1cc([C@@H](C)NN)cc(OC)c1OC. The number of rotatable bonds is 5. The van der Waals surface area contributed by atoms with Gasteiger partial charge in [-0.2, -0.15) is 0 Å². The summed E-state index contributed by atoms with van der Waals surface area (Å²) in [5, 5.41) is 0. The van der Waals surface area contributed by atoms with Gasteiger partial charge in [-0.3, -0.25) is 11.3 Å². The van der Waals surface area contributed by atoms with Crippen LogP contribution in [0, 0.1) is 0 Å². The van der Waals surface area contributed by atoms with Crippen molar-refractivity contribution >= 4 is 0 Å². The fourth-order valence-electron chi connectivity index (χ4n) is 1.45. The van der Waals surface area contributed by atoms with E-state index in [0.717, 1.165) is 5.56 Å². The van der Waals surface area contributed by atoms with Crippen LogP contribution in [0.5, 0.6) is 17.2 Å². The average molecular weight is 226 g/mol. The summed E-state index contributed by atoms with van der Waals surface area (Å²) >= 11 is 0. The molecule has 90 valence electrons. The van der Waals surface area contributed by atoms with Crippen LogP contribution < -0.4 is 25.5 Å². The number of nitrogens with one attached hydrogen (secondary N) is 1. The predicted molar refractivity (Wildman–Crippen MR) is 61.8 cm³/mol. The van der Waals surface area contributed by atoms with Crippen LogP contribution in [0.3, 0.4) is 0 Å². The first-order valence-corrected chi connectivity index (χ1v) is 4.94. The molecule has 0 aromatic heterocycles. The quantitative estimate of drug-likeness (QED) is 0.584. The molecule has 1 aromatic rings. The van der Waals surface area contributed by atoms with Gasteiger partial charge in [0, 0.05) is 6.04 Å². The van der Waals surface area contributed by atoms with Crippen LogP contribution in [0.4, 0.5) is 0 Å². The van der Waals surface area contributed by atoms with E-state index in [0.29, 0.717) is 17.2 Å². The molecule has 0 fully saturated rings. The van der Waals surface area contributed by atoms with Crippen molar-refractivity contribution in [2.75, 3.05) is 21.3 Å². The van der Waals surface area contributed by atoms with Crippen LogP contribution in [0.15, 0.2) is 12.1 Å². The van der Waals surface area contributed by atoms with E-state index in [9.17, 15) is 0 Å². The summed E-state index contributed by atoms with van der Waals surface area (Å²) < 4.78 is 15.7. The van der Waals surface area contributed by atoms with Gasteiger partial charge in [-0.25, -0.2) is 0 Å². The van der Waals surface area contributed by atoms with Gasteiger partial charge in [0.2, 0.25) is 5.75 Å². The Kier molecular flexibility index (Phi) is 4.39. The maximum atomic E-state index is 5.39. The third-order valence-electron chi connectivity index (χ3n) is 2.44. The molecule has 0 heterocycles. The Morgan fingerprint density at radius 1 is 1.06 bits per heavy atom. The van der Waals surface area contributed by atoms with E-state index in [4.69, 9.17) is 20.1 Å². The molecular formula is C11H18N2O3. The number of nitrogens with two attached hydrogens (primary N) is 1. The summed E-state index contributed by atoms with van der Waals surface area (Å²) in [6.45, 7) is 1.95. The van der Waals surface area contributed by atoms with Gasteiger partial charge in [-0.05, 0) is 24.6 Å². The fourth-order valence-corrected chi connectivity index (χ4v) is 1.45. The highest BCUT2D eigenvalue weighted by molar-refractivity contribution is 5.54. The van der Waals surface area contributed by atoms with Crippen molar-refractivity contribution in [3.05, 3.63) is 17.7 Å². The van der Waals surface area contributed by atoms with Crippen LogP contribution in [-0.4, -0.2) is 21.3 Å². The number of methoxy groups -OCH3 is 3. The zero-order chi connectivity index (χ0) is 12.1. The molecule has 0 aliphatic rings. The van der Waals surface area contributed by atoms with Gasteiger partial charge in [0.25, 0.3) is 0 Å². The number of benzene rings is 1. The minimum Gasteiger partial charge on any atom is -0.493 e. The van der Waals surface area contributed by atoms with Crippen molar-refractivity contribution in [1.29, 1.82) is 0 Å². The summed E-state index contributed by atoms with van der Waals surface area (Å²) in [4.78, 5) is 0. The van der Waals surface area contributed by atoms with Crippen molar-refractivity contribution in [2.24, 2.45) is 5.84 Å². The summed E-state index contributed by atoms with van der Waals surface area (Å²) in [5.74, 6) is 7.22. The molecule has 5 heteroatoms. The molecule has 5 nitrogen and oxygen atoms in total. The minimum absolute atomic E-state index is 0.00806. The standard InChI is InChI=1S/C11H18N2O3/c1-7(13-12)8-5-9(14-2)11(16-4)10(6-8)15-3/h5-7,13H,12H2,1-4H3/t7-/m1/s1. The Labute approximate surface area is 95.5 Å². The Bertz CT molecular complexity index is 330. The van der Waals surface area contributed by atoms with E-state index in [2.05, 4.69) is 5.43 Å². The zero-order valence-corrected chi connectivity index (χ0v) is 10.0. The first-order chi connectivity index (χ1) is 7.67. The van der Waals surface area contributed by atoms with E-state index in [1.165, 1.54) is 0 Å². The molecule has 1 aromatic carbocycles. The Hall–Kier alpha value is -1.46. The van der Waals surface area contributed by atoms with E-state index in [1.807, 2.05) is 19.1 Å². The molecule has 0 unspecified atom stereocenters. The second-order valence-corrected chi connectivity index (χ2v) is 3.35. The molecule has 0 saturated heterocycles. The second-order valence-electron chi connectivity index (χ2n) is 3.35. The smallest absolute Gasteiger partial charge is 0.203 e. The van der Waals surface area contributed by atoms with Crippen molar-refractivity contribution in [3.63, 3.8) is 0 Å². The molecule has 0 saturated carbocycles. The Balaban J connectivity index is 3.25. The minimum atomic E-state index is 0.00806. The van der Waals surface area contributed by atoms with Gasteiger partial charge in [0.15, 0.2) is 11.5 Å². The summed E-state index contributed by atoms with van der Waals surface area (Å²) in [5.41, 5.74) is 3.64. The molecule has 1 atom stereocenters. The zero-order valence-electron chi connectivity index (χ0n) is 10.0. The monoisotopic (exact) mass is 226 g/mol. The topological polar surface area (TPSA) is 65.7 Å². The lowest BCUT2D eigenvalue weighted by Gasteiger charge is -2.17. The maximum Gasteiger partial charge on any atom is 0.203 e. The highest BCUT2D eigenvalue weighted by Gasteiger charge is 2.15. The van der Waals surface area contributed by atoms with Crippen molar-refractivity contribution < 1.29 is 14.2 Å². The summed E-state index contributed by atoms with van der Waals surface area (Å²) in [6.07, 6.45) is 0. The lowest BCUT2D eigenvalue weighted by Crippen LogP contribution is -2.25. The maximum absolute atomic E-state index is 5.39. The predicted octanol–water partition coefficient (Wildman–Crippen LogP) is 1.24. The number of ether oxygens (including phenoxy) is 3. The second kappa shape index (κ2) is 5.58. The molecule has 0 aliphatic heterocycles. The lowest BCUT2D eigenvalue weighted by atomic mass is 10.1. The average Bonchev–Trinajstić information content (AvgIpc) is 2.35. The Morgan fingerprint density at radius 3 is 1.88 bits per heavy atom. The normalized spacial score (nSPS) is 12.1. The lowest BCUT2D eigenvalue weighted by molar-refractivity contribution is 0.323. The van der Waals surface area contributed by atoms with Gasteiger partial charge in [0.05, 0.1) is 21.3 Å². The van der Waals surface area contributed by atoms with E-state index >= 15 is 0 Å². The van der Waals surface area contributed by atoms with Crippen LogP contribution in [0.2, 0.25) is 0 Å². The molecule has 0 spiro atoms. The largest absolute Gasteiger partial charge is 0.493 e. The van der Waals surface area contributed by atoms with E-state index in [-0.39, 0.29) is 6.04 Å². The summed E-state index contributed by atoms with van der Waals surface area (Å²) in [6, 6.07) is 3.74. The third-order valence-corrected chi connectivity index (χ3v) is 2.44.